The summed E-state index contributed by atoms with van der Waals surface area (Å²) >= 11 is 6.21. The van der Waals surface area contributed by atoms with Crippen LogP contribution in [0.2, 0.25) is 5.02 Å². The number of hydrogen-bond acceptors (Lipinski definition) is 1. The number of fused-ring (bicyclic) bond motifs is 1. The van der Waals surface area contributed by atoms with Crippen LogP contribution in [0, 0.1) is 0 Å². The molecule has 3 heteroatoms. The minimum absolute atomic E-state index is 0.722. The molecule has 0 spiro atoms. The summed E-state index contributed by atoms with van der Waals surface area (Å²) < 4.78 is 0. The molecule has 0 atom stereocenters. The molecule has 0 fully saturated rings. The summed E-state index contributed by atoms with van der Waals surface area (Å²) in [4.78, 5) is 3.26. The molecule has 3 aromatic rings. The van der Waals surface area contributed by atoms with Crippen molar-refractivity contribution < 1.29 is 0 Å². The molecule has 0 aliphatic carbocycles. The number of halogens is 1. The summed E-state index contributed by atoms with van der Waals surface area (Å²) in [5, 5.41) is 1.94. The van der Waals surface area contributed by atoms with Gasteiger partial charge in [-0.05, 0) is 29.3 Å². The highest BCUT2D eigenvalue weighted by atomic mass is 35.5. The van der Waals surface area contributed by atoms with E-state index in [4.69, 9.17) is 17.3 Å². The summed E-state index contributed by atoms with van der Waals surface area (Å²) in [6.45, 7) is 0. The number of aromatic amines is 1. The van der Waals surface area contributed by atoms with Gasteiger partial charge in [0.2, 0.25) is 0 Å². The minimum Gasteiger partial charge on any atom is -0.398 e. The van der Waals surface area contributed by atoms with Gasteiger partial charge in [-0.2, -0.15) is 0 Å². The molecule has 0 radical (unpaired) electrons. The third-order valence-electron chi connectivity index (χ3n) is 3.20. The molecule has 0 amide bonds. The highest BCUT2D eigenvalue weighted by Gasteiger charge is 2.09. The smallest absolute Gasteiger partial charge is 0.0461 e. The Morgan fingerprint density at radius 3 is 2.72 bits per heavy atom. The lowest BCUT2D eigenvalue weighted by Crippen LogP contribution is -1.96. The van der Waals surface area contributed by atoms with Gasteiger partial charge in [-0.1, -0.05) is 35.9 Å². The number of benzene rings is 2. The molecule has 0 aliphatic heterocycles. The van der Waals surface area contributed by atoms with Gasteiger partial charge < -0.3 is 10.7 Å². The molecule has 1 heterocycles. The first-order chi connectivity index (χ1) is 8.75. The molecule has 0 bridgehead atoms. The van der Waals surface area contributed by atoms with Crippen LogP contribution in [0.4, 0.5) is 5.69 Å². The predicted molar refractivity (Wildman–Crippen MR) is 77.0 cm³/mol. The summed E-state index contributed by atoms with van der Waals surface area (Å²) in [6, 6.07) is 13.9. The molecule has 2 nitrogen and oxygen atoms in total. The number of nitrogens with one attached hydrogen (secondary N) is 1. The van der Waals surface area contributed by atoms with Crippen molar-refractivity contribution in [3.05, 3.63) is 64.8 Å². The number of aromatic nitrogens is 1. The molecule has 0 saturated carbocycles. The van der Waals surface area contributed by atoms with Crippen LogP contribution < -0.4 is 5.73 Å². The Kier molecular flexibility index (Phi) is 2.73. The second kappa shape index (κ2) is 4.39. The van der Waals surface area contributed by atoms with Crippen molar-refractivity contribution in [2.24, 2.45) is 0 Å². The standard InChI is InChI=1S/C15H13ClN2/c16-13-5-3-6-14(17)12(13)8-10-9-18-15-7-2-1-4-11(10)15/h1-7,9,18H,8,17H2. The number of H-pyrrole nitrogens is 1. The van der Waals surface area contributed by atoms with Gasteiger partial charge >= 0.3 is 0 Å². The Bertz CT molecular complexity index is 680. The van der Waals surface area contributed by atoms with Gasteiger partial charge in [0, 0.05) is 34.2 Å². The van der Waals surface area contributed by atoms with Crippen LogP contribution >= 0.6 is 11.6 Å². The Hall–Kier alpha value is -1.93. The number of rotatable bonds is 2. The van der Waals surface area contributed by atoms with Crippen LogP contribution in [-0.2, 0) is 6.42 Å². The molecule has 2 aromatic carbocycles. The van der Waals surface area contributed by atoms with Gasteiger partial charge in [0.05, 0.1) is 0 Å². The third-order valence-corrected chi connectivity index (χ3v) is 3.55. The van der Waals surface area contributed by atoms with Crippen molar-refractivity contribution in [2.75, 3.05) is 5.73 Å². The molecule has 1 aromatic heterocycles. The summed E-state index contributed by atoms with van der Waals surface area (Å²) in [5.74, 6) is 0. The Morgan fingerprint density at radius 1 is 1.06 bits per heavy atom. The molecular weight excluding hydrogens is 244 g/mol. The molecule has 3 N–H and O–H groups in total. The quantitative estimate of drug-likeness (QED) is 0.669. The van der Waals surface area contributed by atoms with Gasteiger partial charge in [-0.3, -0.25) is 0 Å². The SMILES string of the molecule is Nc1cccc(Cl)c1Cc1c[nH]c2ccccc12. The van der Waals surface area contributed by atoms with Crippen LogP contribution in [0.5, 0.6) is 0 Å². The fourth-order valence-electron chi connectivity index (χ4n) is 2.23. The maximum absolute atomic E-state index is 6.21. The lowest BCUT2D eigenvalue weighted by atomic mass is 10.0. The van der Waals surface area contributed by atoms with Gasteiger partial charge in [0.25, 0.3) is 0 Å². The summed E-state index contributed by atoms with van der Waals surface area (Å²) in [6.07, 6.45) is 2.77. The van der Waals surface area contributed by atoms with Crippen molar-refractivity contribution in [3.63, 3.8) is 0 Å². The number of anilines is 1. The largest absolute Gasteiger partial charge is 0.398 e. The molecule has 18 heavy (non-hydrogen) atoms. The number of nitrogens with two attached hydrogens (primary N) is 1. The van der Waals surface area contributed by atoms with Crippen molar-refractivity contribution >= 4 is 28.2 Å². The molecule has 0 saturated heterocycles. The average molecular weight is 257 g/mol. The molecule has 90 valence electrons. The fraction of sp³-hybridized carbons (Fsp3) is 0.0667. The van der Waals surface area contributed by atoms with Crippen LogP contribution in [0.3, 0.4) is 0 Å². The maximum Gasteiger partial charge on any atom is 0.0461 e. The highest BCUT2D eigenvalue weighted by Crippen LogP contribution is 2.27. The van der Waals surface area contributed by atoms with Crippen molar-refractivity contribution in [1.29, 1.82) is 0 Å². The topological polar surface area (TPSA) is 41.8 Å². The fourth-order valence-corrected chi connectivity index (χ4v) is 2.48. The Labute approximate surface area is 110 Å². The zero-order chi connectivity index (χ0) is 12.5. The van der Waals surface area contributed by atoms with E-state index < -0.39 is 0 Å². The Morgan fingerprint density at radius 2 is 1.89 bits per heavy atom. The summed E-state index contributed by atoms with van der Waals surface area (Å²) in [5.41, 5.74) is 10.1. The molecule has 3 rings (SSSR count). The molecular formula is C15H13ClN2. The lowest BCUT2D eigenvalue weighted by molar-refractivity contribution is 1.21. The lowest BCUT2D eigenvalue weighted by Gasteiger charge is -2.07. The van der Waals surface area contributed by atoms with Crippen molar-refractivity contribution in [2.45, 2.75) is 6.42 Å². The normalized spacial score (nSPS) is 10.9. The van der Waals surface area contributed by atoms with E-state index in [1.165, 1.54) is 10.9 Å². The monoisotopic (exact) mass is 256 g/mol. The van der Waals surface area contributed by atoms with Gasteiger partial charge in [-0.15, -0.1) is 0 Å². The first-order valence-corrected chi connectivity index (χ1v) is 6.21. The van der Waals surface area contributed by atoms with Gasteiger partial charge in [0.1, 0.15) is 0 Å². The average Bonchev–Trinajstić information content (AvgIpc) is 2.77. The van der Waals surface area contributed by atoms with E-state index in [2.05, 4.69) is 17.1 Å². The minimum atomic E-state index is 0.722. The van der Waals surface area contributed by atoms with E-state index in [1.807, 2.05) is 36.5 Å². The van der Waals surface area contributed by atoms with E-state index in [0.29, 0.717) is 0 Å². The van der Waals surface area contributed by atoms with Gasteiger partial charge in [-0.25, -0.2) is 0 Å². The predicted octanol–water partition coefficient (Wildman–Crippen LogP) is 3.99. The number of hydrogen-bond donors (Lipinski definition) is 2. The van der Waals surface area contributed by atoms with E-state index in [-0.39, 0.29) is 0 Å². The van der Waals surface area contributed by atoms with Crippen LogP contribution in [-0.4, -0.2) is 4.98 Å². The number of para-hydroxylation sites is 1. The van der Waals surface area contributed by atoms with Crippen LogP contribution in [0.15, 0.2) is 48.7 Å². The first-order valence-electron chi connectivity index (χ1n) is 5.83. The molecule has 0 unspecified atom stereocenters. The van der Waals surface area contributed by atoms with Crippen LogP contribution in [0.25, 0.3) is 10.9 Å². The van der Waals surface area contributed by atoms with Crippen molar-refractivity contribution in [3.8, 4) is 0 Å². The highest BCUT2D eigenvalue weighted by molar-refractivity contribution is 6.31. The van der Waals surface area contributed by atoms with Crippen molar-refractivity contribution in [1.82, 2.24) is 4.98 Å². The second-order valence-corrected chi connectivity index (χ2v) is 4.75. The van der Waals surface area contributed by atoms with E-state index >= 15 is 0 Å². The van der Waals surface area contributed by atoms with Gasteiger partial charge in [0.15, 0.2) is 0 Å². The summed E-state index contributed by atoms with van der Waals surface area (Å²) in [7, 11) is 0. The zero-order valence-electron chi connectivity index (χ0n) is 9.78. The number of nitrogen functional groups attached to an aromatic ring is 1. The third kappa shape index (κ3) is 1.85. The first kappa shape index (κ1) is 11.2. The molecule has 0 aliphatic rings. The zero-order valence-corrected chi connectivity index (χ0v) is 10.5. The maximum atomic E-state index is 6.21. The Balaban J connectivity index is 2.07. The van der Waals surface area contributed by atoms with E-state index in [0.717, 1.165) is 28.2 Å². The second-order valence-electron chi connectivity index (χ2n) is 4.34. The van der Waals surface area contributed by atoms with E-state index in [9.17, 15) is 0 Å². The van der Waals surface area contributed by atoms with E-state index in [1.54, 1.807) is 0 Å². The van der Waals surface area contributed by atoms with Crippen LogP contribution in [0.1, 0.15) is 11.1 Å².